The number of rotatable bonds is 4. The number of carbonyl (C=O) groups excluding carboxylic acids is 1. The molecule has 0 saturated heterocycles. The number of hydrogen-bond acceptors (Lipinski definition) is 5. The molecular formula is C18H16O4S2. The Morgan fingerprint density at radius 3 is 2.67 bits per heavy atom. The minimum atomic E-state index is -3.37. The average molecular weight is 360 g/mol. The zero-order chi connectivity index (χ0) is 17.3. The quantitative estimate of drug-likeness (QED) is 0.661. The molecule has 6 heteroatoms. The lowest BCUT2D eigenvalue weighted by Crippen LogP contribution is -2.09. The molecule has 3 rings (SSSR count). The Labute approximate surface area is 144 Å². The van der Waals surface area contributed by atoms with Gasteiger partial charge in [-0.15, -0.1) is 11.3 Å². The van der Waals surface area contributed by atoms with Crippen molar-refractivity contribution in [1.29, 1.82) is 0 Å². The SMILES string of the molecule is Cc1ccc(S(C)(=O)=O)cc1C(=O)OCc1csc2ccccc12. The van der Waals surface area contributed by atoms with Gasteiger partial charge in [0.25, 0.3) is 0 Å². The van der Waals surface area contributed by atoms with Crippen LogP contribution in [0, 0.1) is 6.92 Å². The van der Waals surface area contributed by atoms with Gasteiger partial charge < -0.3 is 4.74 Å². The minimum Gasteiger partial charge on any atom is -0.457 e. The van der Waals surface area contributed by atoms with Gasteiger partial charge in [-0.25, -0.2) is 13.2 Å². The summed E-state index contributed by atoms with van der Waals surface area (Å²) in [5, 5.41) is 3.04. The van der Waals surface area contributed by atoms with E-state index in [2.05, 4.69) is 0 Å². The molecule has 0 saturated carbocycles. The highest BCUT2D eigenvalue weighted by Gasteiger charge is 2.16. The third kappa shape index (κ3) is 3.34. The Hall–Kier alpha value is -2.18. The predicted molar refractivity (Wildman–Crippen MR) is 95.2 cm³/mol. The molecule has 0 aliphatic carbocycles. The maximum absolute atomic E-state index is 12.4. The van der Waals surface area contributed by atoms with Crippen LogP contribution in [0.3, 0.4) is 0 Å². The van der Waals surface area contributed by atoms with E-state index in [-0.39, 0.29) is 17.1 Å². The number of ether oxygens (including phenoxy) is 1. The van der Waals surface area contributed by atoms with Gasteiger partial charge in [-0.05, 0) is 41.5 Å². The van der Waals surface area contributed by atoms with E-state index in [0.717, 1.165) is 21.9 Å². The number of aryl methyl sites for hydroxylation is 1. The summed E-state index contributed by atoms with van der Waals surface area (Å²) < 4.78 is 29.9. The number of esters is 1. The van der Waals surface area contributed by atoms with E-state index in [1.165, 1.54) is 12.1 Å². The van der Waals surface area contributed by atoms with E-state index in [9.17, 15) is 13.2 Å². The summed E-state index contributed by atoms with van der Waals surface area (Å²) in [5.74, 6) is -0.520. The molecule has 1 aromatic heterocycles. The summed E-state index contributed by atoms with van der Waals surface area (Å²) in [5.41, 5.74) is 1.90. The molecule has 3 aromatic rings. The van der Waals surface area contributed by atoms with Gasteiger partial charge in [0.2, 0.25) is 0 Å². The molecular weight excluding hydrogens is 344 g/mol. The molecule has 0 spiro atoms. The topological polar surface area (TPSA) is 60.4 Å². The Balaban J connectivity index is 1.83. The molecule has 0 fully saturated rings. The molecule has 124 valence electrons. The van der Waals surface area contributed by atoms with Crippen LogP contribution in [0.25, 0.3) is 10.1 Å². The molecule has 0 atom stereocenters. The van der Waals surface area contributed by atoms with E-state index in [0.29, 0.717) is 5.56 Å². The van der Waals surface area contributed by atoms with Crippen molar-refractivity contribution in [1.82, 2.24) is 0 Å². The predicted octanol–water partition coefficient (Wildman–Crippen LogP) is 3.97. The summed E-state index contributed by atoms with van der Waals surface area (Å²) >= 11 is 1.60. The molecule has 0 unspecified atom stereocenters. The number of sulfone groups is 1. The Bertz CT molecular complexity index is 1020. The summed E-state index contributed by atoms with van der Waals surface area (Å²) in [4.78, 5) is 12.5. The molecule has 0 amide bonds. The first kappa shape index (κ1) is 16.7. The van der Waals surface area contributed by atoms with Crippen LogP contribution in [0.15, 0.2) is 52.7 Å². The summed E-state index contributed by atoms with van der Waals surface area (Å²) in [6.07, 6.45) is 1.12. The second kappa shape index (κ2) is 6.37. The number of thiophene rings is 1. The first-order valence-electron chi connectivity index (χ1n) is 7.29. The Morgan fingerprint density at radius 2 is 1.92 bits per heavy atom. The Kier molecular flexibility index (Phi) is 4.43. The van der Waals surface area contributed by atoms with E-state index in [1.54, 1.807) is 24.3 Å². The third-order valence-electron chi connectivity index (χ3n) is 3.78. The highest BCUT2D eigenvalue weighted by atomic mass is 32.2. The van der Waals surface area contributed by atoms with Crippen LogP contribution < -0.4 is 0 Å². The molecule has 0 aliphatic heterocycles. The standard InChI is InChI=1S/C18H16O4S2/c1-12-7-8-14(24(2,20)21)9-16(12)18(19)22-10-13-11-23-17-6-4-3-5-15(13)17/h3-9,11H,10H2,1-2H3. The molecule has 4 nitrogen and oxygen atoms in total. The van der Waals surface area contributed by atoms with Crippen molar-refractivity contribution in [2.45, 2.75) is 18.4 Å². The molecule has 24 heavy (non-hydrogen) atoms. The van der Waals surface area contributed by atoms with E-state index < -0.39 is 15.8 Å². The molecule has 0 aliphatic rings. The smallest absolute Gasteiger partial charge is 0.338 e. The van der Waals surface area contributed by atoms with Crippen molar-refractivity contribution in [2.75, 3.05) is 6.26 Å². The van der Waals surface area contributed by atoms with Gasteiger partial charge in [0.05, 0.1) is 10.5 Å². The van der Waals surface area contributed by atoms with E-state index in [1.807, 2.05) is 29.6 Å². The van der Waals surface area contributed by atoms with E-state index >= 15 is 0 Å². The monoisotopic (exact) mass is 360 g/mol. The maximum atomic E-state index is 12.4. The lowest BCUT2D eigenvalue weighted by Gasteiger charge is -2.08. The van der Waals surface area contributed by atoms with Crippen molar-refractivity contribution in [3.05, 3.63) is 64.5 Å². The van der Waals surface area contributed by atoms with Crippen LogP contribution >= 0.6 is 11.3 Å². The van der Waals surface area contributed by atoms with Crippen LogP contribution in [-0.4, -0.2) is 20.6 Å². The fourth-order valence-electron chi connectivity index (χ4n) is 2.42. The third-order valence-corrected chi connectivity index (χ3v) is 5.90. The number of carbonyl (C=O) groups is 1. The van der Waals surface area contributed by atoms with Crippen LogP contribution in [0.4, 0.5) is 0 Å². The van der Waals surface area contributed by atoms with Gasteiger partial charge >= 0.3 is 5.97 Å². The maximum Gasteiger partial charge on any atom is 0.338 e. The molecule has 2 aromatic carbocycles. The average Bonchev–Trinajstić information content (AvgIpc) is 2.95. The van der Waals surface area contributed by atoms with Gasteiger partial charge in [0.15, 0.2) is 9.84 Å². The summed E-state index contributed by atoms with van der Waals surface area (Å²) in [6.45, 7) is 1.91. The van der Waals surface area contributed by atoms with E-state index in [4.69, 9.17) is 4.74 Å². The van der Waals surface area contributed by atoms with Crippen molar-refractivity contribution < 1.29 is 17.9 Å². The minimum absolute atomic E-state index is 0.112. The number of fused-ring (bicyclic) bond motifs is 1. The van der Waals surface area contributed by atoms with Gasteiger partial charge in [0, 0.05) is 16.5 Å². The zero-order valence-corrected chi connectivity index (χ0v) is 14.9. The van der Waals surface area contributed by atoms with Crippen molar-refractivity contribution >= 4 is 37.2 Å². The summed E-state index contributed by atoms with van der Waals surface area (Å²) in [6, 6.07) is 12.4. The number of benzene rings is 2. The van der Waals surface area contributed by atoms with Crippen LogP contribution in [0.5, 0.6) is 0 Å². The van der Waals surface area contributed by atoms with Crippen molar-refractivity contribution in [3.8, 4) is 0 Å². The zero-order valence-electron chi connectivity index (χ0n) is 13.3. The first-order valence-corrected chi connectivity index (χ1v) is 10.1. The second-order valence-electron chi connectivity index (χ2n) is 5.58. The normalized spacial score (nSPS) is 11.6. The highest BCUT2D eigenvalue weighted by Crippen LogP contribution is 2.26. The molecule has 0 bridgehead atoms. The van der Waals surface area contributed by atoms with Gasteiger partial charge in [-0.3, -0.25) is 0 Å². The van der Waals surface area contributed by atoms with Crippen molar-refractivity contribution in [3.63, 3.8) is 0 Å². The number of hydrogen-bond donors (Lipinski definition) is 0. The lowest BCUT2D eigenvalue weighted by molar-refractivity contribution is 0.0473. The largest absolute Gasteiger partial charge is 0.457 e. The highest BCUT2D eigenvalue weighted by molar-refractivity contribution is 7.90. The van der Waals surface area contributed by atoms with Crippen LogP contribution in [-0.2, 0) is 21.2 Å². The van der Waals surface area contributed by atoms with Crippen molar-refractivity contribution in [2.24, 2.45) is 0 Å². The fraction of sp³-hybridized carbons (Fsp3) is 0.167. The first-order chi connectivity index (χ1) is 11.4. The lowest BCUT2D eigenvalue weighted by atomic mass is 10.1. The summed E-state index contributed by atoms with van der Waals surface area (Å²) in [7, 11) is -3.37. The second-order valence-corrected chi connectivity index (χ2v) is 8.51. The van der Waals surface area contributed by atoms with Gasteiger partial charge in [-0.2, -0.15) is 0 Å². The molecule has 0 radical (unpaired) electrons. The molecule has 1 heterocycles. The van der Waals surface area contributed by atoms with Gasteiger partial charge in [-0.1, -0.05) is 24.3 Å². The molecule has 0 N–H and O–H groups in total. The Morgan fingerprint density at radius 1 is 1.17 bits per heavy atom. The van der Waals surface area contributed by atoms with Crippen LogP contribution in [0.2, 0.25) is 0 Å². The van der Waals surface area contributed by atoms with Crippen LogP contribution in [0.1, 0.15) is 21.5 Å². The fourth-order valence-corrected chi connectivity index (χ4v) is 4.01. The van der Waals surface area contributed by atoms with Gasteiger partial charge in [0.1, 0.15) is 6.61 Å².